The van der Waals surface area contributed by atoms with Crippen LogP contribution in [-0.4, -0.2) is 63.4 Å². The molecule has 0 aliphatic carbocycles. The Kier molecular flexibility index (Phi) is 4.75. The molecule has 0 saturated carbocycles. The van der Waals surface area contributed by atoms with Gasteiger partial charge in [0.25, 0.3) is 5.91 Å². The van der Waals surface area contributed by atoms with E-state index in [1.165, 1.54) is 6.42 Å². The molecule has 0 aromatic carbocycles. The third kappa shape index (κ3) is 3.16. The van der Waals surface area contributed by atoms with Gasteiger partial charge in [0, 0.05) is 0 Å². The van der Waals surface area contributed by atoms with Crippen molar-refractivity contribution in [3.63, 3.8) is 0 Å². The molecule has 3 N–H and O–H groups in total. The normalized spacial score (nSPS) is 25.3. The average molecular weight is 324 g/mol. The first-order valence-electron chi connectivity index (χ1n) is 7.90. The number of aliphatic hydroxyl groups is 1. The van der Waals surface area contributed by atoms with Crippen LogP contribution in [0.3, 0.4) is 0 Å². The molecule has 2 aliphatic heterocycles. The summed E-state index contributed by atoms with van der Waals surface area (Å²) in [7, 11) is 2.10. The molecule has 1 atom stereocenters. The van der Waals surface area contributed by atoms with Gasteiger partial charge in [0.1, 0.15) is 5.69 Å². The van der Waals surface area contributed by atoms with Gasteiger partial charge < -0.3 is 10.4 Å². The van der Waals surface area contributed by atoms with E-state index in [-0.39, 0.29) is 12.5 Å². The third-order valence-corrected chi connectivity index (χ3v) is 5.83. The van der Waals surface area contributed by atoms with Crippen molar-refractivity contribution in [2.24, 2.45) is 0 Å². The van der Waals surface area contributed by atoms with Crippen LogP contribution in [0.15, 0.2) is 6.07 Å². The number of H-pyrrole nitrogens is 1. The fourth-order valence-electron chi connectivity index (χ4n) is 3.32. The predicted octanol–water partition coefficient (Wildman–Crippen LogP) is 1.16. The SMILES string of the molecule is CN1CCCC1c1cc(C(=O)NC2(CO)CCSCC2)n[nH]1. The van der Waals surface area contributed by atoms with E-state index >= 15 is 0 Å². The van der Waals surface area contributed by atoms with E-state index in [9.17, 15) is 9.90 Å². The largest absolute Gasteiger partial charge is 0.394 e. The summed E-state index contributed by atoms with van der Waals surface area (Å²) in [6, 6.07) is 2.18. The number of hydrogen-bond donors (Lipinski definition) is 3. The van der Waals surface area contributed by atoms with E-state index in [4.69, 9.17) is 0 Å². The quantitative estimate of drug-likeness (QED) is 0.774. The summed E-state index contributed by atoms with van der Waals surface area (Å²) in [5.41, 5.74) is 0.940. The standard InChI is InChI=1S/C15H24N4O2S/c1-19-6-2-3-13(19)11-9-12(18-17-11)14(21)16-15(10-20)4-7-22-8-5-15/h9,13,20H,2-8,10H2,1H3,(H,16,21)(H,17,18). The summed E-state index contributed by atoms with van der Waals surface area (Å²) in [5, 5.41) is 19.9. The molecule has 6 nitrogen and oxygen atoms in total. The maximum atomic E-state index is 12.5. The van der Waals surface area contributed by atoms with Crippen LogP contribution in [0.4, 0.5) is 0 Å². The molecule has 0 bridgehead atoms. The molecule has 1 unspecified atom stereocenters. The highest BCUT2D eigenvalue weighted by molar-refractivity contribution is 7.99. The van der Waals surface area contributed by atoms with Gasteiger partial charge in [-0.2, -0.15) is 16.9 Å². The van der Waals surface area contributed by atoms with Crippen LogP contribution in [0.2, 0.25) is 0 Å². The van der Waals surface area contributed by atoms with Gasteiger partial charge in [0.15, 0.2) is 0 Å². The first-order chi connectivity index (χ1) is 10.6. The van der Waals surface area contributed by atoms with Gasteiger partial charge >= 0.3 is 0 Å². The second-order valence-corrected chi connectivity index (χ2v) is 7.58. The average Bonchev–Trinajstić information content (AvgIpc) is 3.16. The lowest BCUT2D eigenvalue weighted by Crippen LogP contribution is -2.53. The van der Waals surface area contributed by atoms with Crippen LogP contribution < -0.4 is 5.32 Å². The lowest BCUT2D eigenvalue weighted by Gasteiger charge is -2.35. The van der Waals surface area contributed by atoms with Gasteiger partial charge in [0.2, 0.25) is 0 Å². The van der Waals surface area contributed by atoms with Gasteiger partial charge in [-0.1, -0.05) is 0 Å². The zero-order valence-corrected chi connectivity index (χ0v) is 13.8. The molecule has 22 heavy (non-hydrogen) atoms. The van der Waals surface area contributed by atoms with E-state index in [0.29, 0.717) is 11.7 Å². The zero-order chi connectivity index (χ0) is 15.6. The molecule has 122 valence electrons. The molecule has 0 spiro atoms. The zero-order valence-electron chi connectivity index (χ0n) is 13.0. The first kappa shape index (κ1) is 15.8. The number of aromatic nitrogens is 2. The Labute approximate surface area is 135 Å². The lowest BCUT2D eigenvalue weighted by atomic mass is 9.93. The van der Waals surface area contributed by atoms with E-state index < -0.39 is 5.54 Å². The van der Waals surface area contributed by atoms with Crippen LogP contribution in [-0.2, 0) is 0 Å². The summed E-state index contributed by atoms with van der Waals surface area (Å²) >= 11 is 1.87. The number of carbonyl (C=O) groups is 1. The minimum atomic E-state index is -0.481. The molecule has 7 heteroatoms. The second-order valence-electron chi connectivity index (χ2n) is 6.35. The molecule has 2 aliphatic rings. The molecule has 2 saturated heterocycles. The van der Waals surface area contributed by atoms with Crippen LogP contribution in [0.25, 0.3) is 0 Å². The molecule has 1 aromatic heterocycles. The number of aliphatic hydroxyl groups excluding tert-OH is 1. The van der Waals surface area contributed by atoms with Gasteiger partial charge in [-0.05, 0) is 56.8 Å². The molecular weight excluding hydrogens is 300 g/mol. The summed E-state index contributed by atoms with van der Waals surface area (Å²) in [5.74, 6) is 1.75. The molecule has 1 amide bonds. The maximum Gasteiger partial charge on any atom is 0.272 e. The number of aromatic amines is 1. The van der Waals surface area contributed by atoms with Gasteiger partial charge in [-0.3, -0.25) is 14.8 Å². The van der Waals surface area contributed by atoms with Crippen LogP contribution >= 0.6 is 11.8 Å². The highest BCUT2D eigenvalue weighted by Crippen LogP contribution is 2.30. The highest BCUT2D eigenvalue weighted by Gasteiger charge is 2.34. The van der Waals surface area contributed by atoms with E-state index in [0.717, 1.165) is 43.0 Å². The van der Waals surface area contributed by atoms with Crippen molar-refractivity contribution >= 4 is 17.7 Å². The third-order valence-electron chi connectivity index (χ3n) is 4.84. The number of nitrogens with zero attached hydrogens (tertiary/aromatic N) is 2. The van der Waals surface area contributed by atoms with Crippen LogP contribution in [0.5, 0.6) is 0 Å². The van der Waals surface area contributed by atoms with Crippen molar-refractivity contribution in [1.29, 1.82) is 0 Å². The Bertz CT molecular complexity index is 527. The smallest absolute Gasteiger partial charge is 0.272 e. The predicted molar refractivity (Wildman–Crippen MR) is 87.0 cm³/mol. The maximum absolute atomic E-state index is 12.5. The molecule has 2 fully saturated rings. The first-order valence-corrected chi connectivity index (χ1v) is 9.06. The molecular formula is C15H24N4O2S. The van der Waals surface area contributed by atoms with E-state index in [1.807, 2.05) is 17.8 Å². The van der Waals surface area contributed by atoms with Crippen molar-refractivity contribution < 1.29 is 9.90 Å². The Hall–Kier alpha value is -1.05. The van der Waals surface area contributed by atoms with Crippen LogP contribution in [0, 0.1) is 0 Å². The molecule has 3 heterocycles. The van der Waals surface area contributed by atoms with E-state index in [2.05, 4.69) is 27.5 Å². The highest BCUT2D eigenvalue weighted by atomic mass is 32.2. The lowest BCUT2D eigenvalue weighted by molar-refractivity contribution is 0.0812. The van der Waals surface area contributed by atoms with Crippen molar-refractivity contribution in [3.05, 3.63) is 17.5 Å². The summed E-state index contributed by atoms with van der Waals surface area (Å²) in [4.78, 5) is 14.7. The van der Waals surface area contributed by atoms with Crippen molar-refractivity contribution in [3.8, 4) is 0 Å². The number of hydrogen-bond acceptors (Lipinski definition) is 5. The monoisotopic (exact) mass is 324 g/mol. The minimum absolute atomic E-state index is 0.0120. The summed E-state index contributed by atoms with van der Waals surface area (Å²) in [6.07, 6.45) is 3.88. The van der Waals surface area contributed by atoms with Gasteiger partial charge in [-0.15, -0.1) is 0 Å². The minimum Gasteiger partial charge on any atom is -0.394 e. The van der Waals surface area contributed by atoms with Gasteiger partial charge in [0.05, 0.1) is 23.9 Å². The second kappa shape index (κ2) is 6.60. The topological polar surface area (TPSA) is 81.2 Å². The molecule has 3 rings (SSSR count). The van der Waals surface area contributed by atoms with Crippen molar-refractivity contribution in [2.45, 2.75) is 37.3 Å². The number of thioether (sulfide) groups is 1. The Morgan fingerprint density at radius 3 is 3.00 bits per heavy atom. The number of likely N-dealkylation sites (tertiary alicyclic amines) is 1. The van der Waals surface area contributed by atoms with Crippen LogP contribution in [0.1, 0.15) is 47.9 Å². The summed E-state index contributed by atoms with van der Waals surface area (Å²) < 4.78 is 0. The fraction of sp³-hybridized carbons (Fsp3) is 0.733. The van der Waals surface area contributed by atoms with Crippen molar-refractivity contribution in [1.82, 2.24) is 20.4 Å². The summed E-state index contributed by atoms with van der Waals surface area (Å²) in [6.45, 7) is 1.07. The fourth-order valence-corrected chi connectivity index (χ4v) is 4.59. The molecule has 1 aromatic rings. The Morgan fingerprint density at radius 1 is 1.59 bits per heavy atom. The number of amides is 1. The Morgan fingerprint density at radius 2 is 2.36 bits per heavy atom. The number of rotatable bonds is 4. The number of nitrogens with one attached hydrogen (secondary N) is 2. The van der Waals surface area contributed by atoms with E-state index in [1.54, 1.807) is 0 Å². The molecule has 0 radical (unpaired) electrons. The Balaban J connectivity index is 1.68. The number of carbonyl (C=O) groups excluding carboxylic acids is 1. The van der Waals surface area contributed by atoms with Crippen molar-refractivity contribution in [2.75, 3.05) is 31.7 Å². The van der Waals surface area contributed by atoms with Gasteiger partial charge in [-0.25, -0.2) is 0 Å².